The molecule has 1 fully saturated rings. The van der Waals surface area contributed by atoms with Gasteiger partial charge in [-0.15, -0.1) is 10.2 Å². The van der Waals surface area contributed by atoms with Crippen LogP contribution in [0, 0.1) is 11.3 Å². The van der Waals surface area contributed by atoms with Crippen LogP contribution < -0.4 is 5.32 Å². The summed E-state index contributed by atoms with van der Waals surface area (Å²) in [5, 5.41) is 19.6. The van der Waals surface area contributed by atoms with E-state index in [9.17, 15) is 0 Å². The lowest BCUT2D eigenvalue weighted by atomic mass is 9.78. The van der Waals surface area contributed by atoms with Crippen LogP contribution in [0.25, 0.3) is 0 Å². The fourth-order valence-corrected chi connectivity index (χ4v) is 1.60. The molecule has 1 aliphatic carbocycles. The second kappa shape index (κ2) is 3.26. The number of hydrogen-bond acceptors (Lipinski definition) is 4. The number of hydrogen-bond donors (Lipinski definition) is 1. The fourth-order valence-electron chi connectivity index (χ4n) is 1.60. The molecule has 1 aromatic heterocycles. The maximum atomic E-state index is 8.55. The third kappa shape index (κ3) is 1.67. The van der Waals surface area contributed by atoms with Gasteiger partial charge >= 0.3 is 0 Å². The van der Waals surface area contributed by atoms with E-state index < -0.39 is 0 Å². The quantitative estimate of drug-likeness (QED) is 0.767. The van der Waals surface area contributed by atoms with Crippen LogP contribution in [0.4, 0.5) is 5.82 Å². The highest BCUT2D eigenvalue weighted by molar-refractivity contribution is 5.38. The number of nitrogens with one attached hydrogen (secondary N) is 1. The molecule has 0 radical (unpaired) electrons. The van der Waals surface area contributed by atoms with Gasteiger partial charge in [0.2, 0.25) is 0 Å². The molecule has 0 atom stereocenters. The zero-order chi connectivity index (χ0) is 10.0. The van der Waals surface area contributed by atoms with Crippen molar-refractivity contribution < 1.29 is 0 Å². The summed E-state index contributed by atoms with van der Waals surface area (Å²) in [5.41, 5.74) is 0.539. The van der Waals surface area contributed by atoms with Gasteiger partial charge in [-0.1, -0.05) is 0 Å². The van der Waals surface area contributed by atoms with E-state index in [0.717, 1.165) is 5.82 Å². The van der Waals surface area contributed by atoms with Crippen molar-refractivity contribution in [3.8, 4) is 6.07 Å². The molecule has 0 unspecified atom stereocenters. The molecule has 1 heterocycles. The van der Waals surface area contributed by atoms with E-state index in [1.807, 2.05) is 6.07 Å². The molecular weight excluding hydrogens is 176 g/mol. The molecule has 72 valence electrons. The highest BCUT2D eigenvalue weighted by atomic mass is 15.2. The van der Waals surface area contributed by atoms with Gasteiger partial charge in [0.15, 0.2) is 5.69 Å². The van der Waals surface area contributed by atoms with Crippen LogP contribution in [0.5, 0.6) is 0 Å². The summed E-state index contributed by atoms with van der Waals surface area (Å²) in [5.74, 6) is 0.756. The topological polar surface area (TPSA) is 61.6 Å². The lowest BCUT2D eigenvalue weighted by Gasteiger charge is -2.39. The van der Waals surface area contributed by atoms with Gasteiger partial charge in [0.25, 0.3) is 0 Å². The first-order chi connectivity index (χ1) is 6.72. The van der Waals surface area contributed by atoms with E-state index in [0.29, 0.717) is 5.69 Å². The minimum atomic E-state index is 0.183. The van der Waals surface area contributed by atoms with Crippen molar-refractivity contribution in [2.45, 2.75) is 31.7 Å². The fraction of sp³-hybridized carbons (Fsp3) is 0.500. The van der Waals surface area contributed by atoms with E-state index in [4.69, 9.17) is 5.26 Å². The Kier molecular flexibility index (Phi) is 2.08. The minimum Gasteiger partial charge on any atom is -0.363 e. The molecule has 0 spiro atoms. The van der Waals surface area contributed by atoms with Crippen molar-refractivity contribution in [1.82, 2.24) is 10.2 Å². The van der Waals surface area contributed by atoms with E-state index >= 15 is 0 Å². The van der Waals surface area contributed by atoms with Crippen LogP contribution in [0.1, 0.15) is 31.9 Å². The van der Waals surface area contributed by atoms with Crippen molar-refractivity contribution in [1.29, 1.82) is 5.26 Å². The van der Waals surface area contributed by atoms with Crippen LogP contribution in [0.15, 0.2) is 12.1 Å². The first kappa shape index (κ1) is 8.95. The standard InChI is InChI=1S/C10H12N4/c1-10(5-2-6-10)12-9-4-3-8(7-11)13-14-9/h3-4H,2,5-6H2,1H3,(H,12,14). The highest BCUT2D eigenvalue weighted by Crippen LogP contribution is 2.33. The second-order valence-corrected chi connectivity index (χ2v) is 3.95. The van der Waals surface area contributed by atoms with E-state index in [-0.39, 0.29) is 5.54 Å². The van der Waals surface area contributed by atoms with Crippen LogP contribution in [-0.4, -0.2) is 15.7 Å². The van der Waals surface area contributed by atoms with Crippen LogP contribution in [0.3, 0.4) is 0 Å². The van der Waals surface area contributed by atoms with Crippen LogP contribution >= 0.6 is 0 Å². The molecule has 4 heteroatoms. The summed E-state index contributed by atoms with van der Waals surface area (Å²) in [6.45, 7) is 2.18. The monoisotopic (exact) mass is 188 g/mol. The Bertz CT molecular complexity index is 359. The van der Waals surface area contributed by atoms with Crippen LogP contribution in [-0.2, 0) is 0 Å². The molecule has 1 aromatic rings. The molecule has 14 heavy (non-hydrogen) atoms. The maximum absolute atomic E-state index is 8.55. The Balaban J connectivity index is 2.07. The second-order valence-electron chi connectivity index (χ2n) is 3.95. The molecular formula is C10H12N4. The van der Waals surface area contributed by atoms with Gasteiger partial charge in [-0.25, -0.2) is 0 Å². The number of anilines is 1. The molecule has 0 saturated heterocycles. The predicted octanol–water partition coefficient (Wildman–Crippen LogP) is 1.70. The summed E-state index contributed by atoms with van der Waals surface area (Å²) in [6.07, 6.45) is 3.62. The van der Waals surface area contributed by atoms with E-state index in [1.54, 1.807) is 12.1 Å². The lowest BCUT2D eigenvalue weighted by Crippen LogP contribution is -2.41. The van der Waals surface area contributed by atoms with Crippen molar-refractivity contribution >= 4 is 5.82 Å². The third-order valence-electron chi connectivity index (χ3n) is 2.67. The molecule has 2 rings (SSSR count). The van der Waals surface area contributed by atoms with E-state index in [2.05, 4.69) is 22.4 Å². The average Bonchev–Trinajstić information content (AvgIpc) is 2.17. The van der Waals surface area contributed by atoms with Gasteiger partial charge in [-0.3, -0.25) is 0 Å². The Morgan fingerprint density at radius 1 is 1.43 bits per heavy atom. The Morgan fingerprint density at radius 3 is 2.64 bits per heavy atom. The normalized spacial score (nSPS) is 18.0. The predicted molar refractivity (Wildman–Crippen MR) is 52.6 cm³/mol. The average molecular weight is 188 g/mol. The van der Waals surface area contributed by atoms with Gasteiger partial charge in [0.1, 0.15) is 11.9 Å². The van der Waals surface area contributed by atoms with Crippen molar-refractivity contribution in [3.05, 3.63) is 17.8 Å². The smallest absolute Gasteiger partial charge is 0.163 e. The maximum Gasteiger partial charge on any atom is 0.163 e. The SMILES string of the molecule is CC1(Nc2ccc(C#N)nn2)CCC1. The minimum absolute atomic E-state index is 0.183. The number of nitrogens with zero attached hydrogens (tertiary/aromatic N) is 3. The van der Waals surface area contributed by atoms with Gasteiger partial charge in [-0.05, 0) is 38.3 Å². The zero-order valence-corrected chi connectivity index (χ0v) is 8.12. The summed E-state index contributed by atoms with van der Waals surface area (Å²) < 4.78 is 0. The summed E-state index contributed by atoms with van der Waals surface area (Å²) >= 11 is 0. The van der Waals surface area contributed by atoms with Crippen molar-refractivity contribution in [3.63, 3.8) is 0 Å². The molecule has 1 N–H and O–H groups in total. The van der Waals surface area contributed by atoms with Crippen molar-refractivity contribution in [2.24, 2.45) is 0 Å². The largest absolute Gasteiger partial charge is 0.363 e. The summed E-state index contributed by atoms with van der Waals surface area (Å²) in [7, 11) is 0. The molecule has 4 nitrogen and oxygen atoms in total. The molecule has 0 aliphatic heterocycles. The van der Waals surface area contributed by atoms with E-state index in [1.165, 1.54) is 19.3 Å². The van der Waals surface area contributed by atoms with Gasteiger partial charge in [0, 0.05) is 5.54 Å². The van der Waals surface area contributed by atoms with Crippen LogP contribution in [0.2, 0.25) is 0 Å². The Labute approximate surface area is 83.0 Å². The molecule has 0 aromatic carbocycles. The zero-order valence-electron chi connectivity index (χ0n) is 8.12. The summed E-state index contributed by atoms with van der Waals surface area (Å²) in [6, 6.07) is 5.42. The molecule has 1 saturated carbocycles. The highest BCUT2D eigenvalue weighted by Gasteiger charge is 2.31. The van der Waals surface area contributed by atoms with Crippen molar-refractivity contribution in [2.75, 3.05) is 5.32 Å². The Morgan fingerprint density at radius 2 is 2.21 bits per heavy atom. The number of rotatable bonds is 2. The first-order valence-corrected chi connectivity index (χ1v) is 4.74. The molecule has 1 aliphatic rings. The first-order valence-electron chi connectivity index (χ1n) is 4.74. The summed E-state index contributed by atoms with van der Waals surface area (Å²) in [4.78, 5) is 0. The third-order valence-corrected chi connectivity index (χ3v) is 2.67. The van der Waals surface area contributed by atoms with Gasteiger partial charge < -0.3 is 5.32 Å². The molecule has 0 amide bonds. The van der Waals surface area contributed by atoms with Gasteiger partial charge in [0.05, 0.1) is 0 Å². The number of aromatic nitrogens is 2. The number of nitriles is 1. The molecule has 0 bridgehead atoms. The Hall–Kier alpha value is -1.63. The lowest BCUT2D eigenvalue weighted by molar-refractivity contribution is 0.305. The van der Waals surface area contributed by atoms with Gasteiger partial charge in [-0.2, -0.15) is 5.26 Å².